The fourth-order valence-corrected chi connectivity index (χ4v) is 3.15. The summed E-state index contributed by atoms with van der Waals surface area (Å²) in [6.07, 6.45) is 3.28. The van der Waals surface area contributed by atoms with Gasteiger partial charge < -0.3 is 4.42 Å². The second kappa shape index (κ2) is 7.32. The van der Waals surface area contributed by atoms with Crippen LogP contribution in [-0.4, -0.2) is 21.5 Å². The minimum atomic E-state index is -0.341. The predicted octanol–water partition coefficient (Wildman–Crippen LogP) is 4.63. The molecule has 0 atom stereocenters. The number of aryl methyl sites for hydroxylation is 2. The predicted molar refractivity (Wildman–Crippen MR) is 109 cm³/mol. The van der Waals surface area contributed by atoms with Gasteiger partial charge in [0, 0.05) is 16.8 Å². The summed E-state index contributed by atoms with van der Waals surface area (Å²) in [6.45, 7) is 3.78. The minimum Gasteiger partial charge on any atom is -0.455 e. The number of nitrogens with zero attached hydrogens (tertiary/aromatic N) is 3. The van der Waals surface area contributed by atoms with Crippen molar-refractivity contribution in [1.29, 1.82) is 0 Å². The third-order valence-electron chi connectivity index (χ3n) is 4.26. The number of nitrogens with one attached hydrogen (secondary N) is 1. The van der Waals surface area contributed by atoms with Crippen LogP contribution in [0, 0.1) is 13.8 Å². The molecule has 140 valence electrons. The third kappa shape index (κ3) is 3.54. The number of pyridine rings is 1. The number of imidazole rings is 1. The Morgan fingerprint density at radius 3 is 2.89 bits per heavy atom. The van der Waals surface area contributed by atoms with Gasteiger partial charge in [-0.3, -0.25) is 9.20 Å². The smallest absolute Gasteiger partial charge is 0.290 e. The van der Waals surface area contributed by atoms with Crippen molar-refractivity contribution in [2.75, 3.05) is 0 Å². The van der Waals surface area contributed by atoms with Crippen LogP contribution in [0.4, 0.5) is 0 Å². The molecule has 0 aliphatic rings. The summed E-state index contributed by atoms with van der Waals surface area (Å²) in [5, 5.41) is 4.64. The number of hydrogen-bond donors (Lipinski definition) is 1. The number of hydrazone groups is 1. The topological polar surface area (TPSA) is 71.9 Å². The average molecular weight is 393 g/mol. The van der Waals surface area contributed by atoms with E-state index in [1.807, 2.05) is 49.5 Å². The molecule has 3 heterocycles. The Bertz CT molecular complexity index is 1210. The van der Waals surface area contributed by atoms with Gasteiger partial charge in [-0.15, -0.1) is 0 Å². The molecular formula is C21H17ClN4O2. The molecule has 0 bridgehead atoms. The largest absolute Gasteiger partial charge is 0.455 e. The monoisotopic (exact) mass is 392 g/mol. The molecule has 0 saturated heterocycles. The first-order valence-electron chi connectivity index (χ1n) is 8.66. The van der Waals surface area contributed by atoms with E-state index in [9.17, 15) is 4.79 Å². The van der Waals surface area contributed by atoms with E-state index in [1.165, 1.54) is 6.21 Å². The molecule has 6 nitrogen and oxygen atoms in total. The first-order valence-corrected chi connectivity index (χ1v) is 9.03. The lowest BCUT2D eigenvalue weighted by Gasteiger charge is -2.02. The lowest BCUT2D eigenvalue weighted by molar-refractivity contribution is 0.0948. The van der Waals surface area contributed by atoms with Gasteiger partial charge in [0.1, 0.15) is 22.9 Å². The van der Waals surface area contributed by atoms with Crippen LogP contribution >= 0.6 is 11.6 Å². The number of halogens is 1. The lowest BCUT2D eigenvalue weighted by Crippen LogP contribution is -2.20. The Labute approximate surface area is 166 Å². The van der Waals surface area contributed by atoms with Crippen LogP contribution in [0.3, 0.4) is 0 Å². The molecule has 0 saturated carbocycles. The summed E-state index contributed by atoms with van der Waals surface area (Å²) in [6, 6.07) is 14.8. The van der Waals surface area contributed by atoms with Crippen LogP contribution in [0.2, 0.25) is 5.02 Å². The van der Waals surface area contributed by atoms with Gasteiger partial charge in [-0.05, 0) is 55.8 Å². The summed E-state index contributed by atoms with van der Waals surface area (Å²) < 4.78 is 7.47. The second-order valence-corrected chi connectivity index (χ2v) is 6.83. The highest BCUT2D eigenvalue weighted by atomic mass is 35.5. The zero-order valence-corrected chi connectivity index (χ0v) is 16.1. The van der Waals surface area contributed by atoms with Gasteiger partial charge in [0.2, 0.25) is 0 Å². The quantitative estimate of drug-likeness (QED) is 0.406. The third-order valence-corrected chi connectivity index (χ3v) is 4.50. The first-order chi connectivity index (χ1) is 13.5. The number of carbonyl (C=O) groups excluding carboxylic acids is 1. The molecule has 1 amide bonds. The van der Waals surface area contributed by atoms with Crippen LogP contribution in [0.1, 0.15) is 27.5 Å². The number of benzene rings is 1. The lowest BCUT2D eigenvalue weighted by atomic mass is 10.2. The second-order valence-electron chi connectivity index (χ2n) is 6.39. The van der Waals surface area contributed by atoms with Gasteiger partial charge in [-0.2, -0.15) is 5.10 Å². The van der Waals surface area contributed by atoms with Crippen LogP contribution in [0.5, 0.6) is 0 Å². The minimum absolute atomic E-state index is 0.341. The van der Waals surface area contributed by atoms with E-state index in [2.05, 4.69) is 15.5 Å². The summed E-state index contributed by atoms with van der Waals surface area (Å²) in [5.74, 6) is 0.843. The van der Waals surface area contributed by atoms with E-state index in [1.54, 1.807) is 23.5 Å². The van der Waals surface area contributed by atoms with Crippen molar-refractivity contribution in [3.8, 4) is 11.3 Å². The fourth-order valence-electron chi connectivity index (χ4n) is 2.96. The normalized spacial score (nSPS) is 11.4. The number of rotatable bonds is 4. The zero-order valence-electron chi connectivity index (χ0n) is 15.3. The average Bonchev–Trinajstić information content (AvgIpc) is 3.25. The molecule has 0 unspecified atom stereocenters. The molecule has 0 spiro atoms. The van der Waals surface area contributed by atoms with E-state index in [-0.39, 0.29) is 5.91 Å². The molecule has 1 N–H and O–H groups in total. The molecule has 1 aromatic carbocycles. The Morgan fingerprint density at radius 2 is 2.07 bits per heavy atom. The molecule has 0 radical (unpaired) electrons. The fraction of sp³-hybridized carbons (Fsp3) is 0.0952. The van der Waals surface area contributed by atoms with Crippen molar-refractivity contribution in [1.82, 2.24) is 14.8 Å². The summed E-state index contributed by atoms with van der Waals surface area (Å²) in [4.78, 5) is 17.0. The van der Waals surface area contributed by atoms with Crippen LogP contribution in [0.15, 0.2) is 64.2 Å². The maximum atomic E-state index is 12.5. The Kier molecular flexibility index (Phi) is 4.71. The van der Waals surface area contributed by atoms with Crippen molar-refractivity contribution in [3.63, 3.8) is 0 Å². The Morgan fingerprint density at radius 1 is 1.21 bits per heavy atom. The van der Waals surface area contributed by atoms with Gasteiger partial charge in [0.05, 0.1) is 11.9 Å². The molecule has 4 rings (SSSR count). The number of aromatic nitrogens is 2. The number of furan rings is 1. The first kappa shape index (κ1) is 18.0. The Balaban J connectivity index is 1.50. The molecule has 7 heteroatoms. The van der Waals surface area contributed by atoms with E-state index in [4.69, 9.17) is 16.0 Å². The standard InChI is InChI=1S/C21H17ClN4O2/c1-13-8-9-26-19(10-13)24-14(2)20(26)21(27)25-23-12-17-6-7-18(28-17)15-4-3-5-16(22)11-15/h3-12H,1-2H3,(H,25,27)/b23-12+. The molecule has 3 aromatic heterocycles. The molecule has 0 aliphatic heterocycles. The number of amides is 1. The van der Waals surface area contributed by atoms with Crippen molar-refractivity contribution in [3.05, 3.63) is 82.5 Å². The van der Waals surface area contributed by atoms with Gasteiger partial charge in [0.15, 0.2) is 0 Å². The Hall–Kier alpha value is -3.38. The number of carbonyl (C=O) groups is 1. The summed E-state index contributed by atoms with van der Waals surface area (Å²) >= 11 is 6.01. The maximum Gasteiger partial charge on any atom is 0.290 e. The molecule has 0 fully saturated rings. The van der Waals surface area contributed by atoms with Crippen LogP contribution in [-0.2, 0) is 0 Å². The molecule has 4 aromatic rings. The van der Waals surface area contributed by atoms with Crippen molar-refractivity contribution < 1.29 is 9.21 Å². The number of fused-ring (bicyclic) bond motifs is 1. The van der Waals surface area contributed by atoms with E-state index >= 15 is 0 Å². The SMILES string of the molecule is Cc1ccn2c(C(=O)N/N=C/c3ccc(-c4cccc(Cl)c4)o3)c(C)nc2c1. The maximum absolute atomic E-state index is 12.5. The summed E-state index contributed by atoms with van der Waals surface area (Å²) in [5.41, 5.74) is 6.29. The van der Waals surface area contributed by atoms with Gasteiger partial charge in [-0.25, -0.2) is 10.4 Å². The summed E-state index contributed by atoms with van der Waals surface area (Å²) in [7, 11) is 0. The van der Waals surface area contributed by atoms with E-state index < -0.39 is 0 Å². The zero-order chi connectivity index (χ0) is 19.7. The number of hydrogen-bond acceptors (Lipinski definition) is 4. The van der Waals surface area contributed by atoms with Crippen molar-refractivity contribution in [2.24, 2.45) is 5.10 Å². The van der Waals surface area contributed by atoms with Crippen LogP contribution < -0.4 is 5.43 Å². The highest BCUT2D eigenvalue weighted by Crippen LogP contribution is 2.24. The van der Waals surface area contributed by atoms with E-state index in [0.29, 0.717) is 27.9 Å². The molecule has 0 aliphatic carbocycles. The molecular weight excluding hydrogens is 376 g/mol. The molecule has 28 heavy (non-hydrogen) atoms. The van der Waals surface area contributed by atoms with Crippen LogP contribution in [0.25, 0.3) is 17.0 Å². The van der Waals surface area contributed by atoms with Gasteiger partial charge >= 0.3 is 0 Å². The van der Waals surface area contributed by atoms with Crippen molar-refractivity contribution >= 4 is 29.4 Å². The van der Waals surface area contributed by atoms with Crippen molar-refractivity contribution in [2.45, 2.75) is 13.8 Å². The highest BCUT2D eigenvalue weighted by Gasteiger charge is 2.16. The van der Waals surface area contributed by atoms with E-state index in [0.717, 1.165) is 16.8 Å². The van der Waals surface area contributed by atoms with Gasteiger partial charge in [-0.1, -0.05) is 23.7 Å². The highest BCUT2D eigenvalue weighted by molar-refractivity contribution is 6.30. The van der Waals surface area contributed by atoms with Gasteiger partial charge in [0.25, 0.3) is 5.91 Å².